The number of hydrogen-bond acceptors (Lipinski definition) is 2. The highest BCUT2D eigenvalue weighted by molar-refractivity contribution is 6.05. The van der Waals surface area contributed by atoms with Crippen LogP contribution in [0.25, 0.3) is 0 Å². The fourth-order valence-corrected chi connectivity index (χ4v) is 3.16. The van der Waals surface area contributed by atoms with Gasteiger partial charge in [0.2, 0.25) is 5.91 Å². The van der Waals surface area contributed by atoms with Crippen LogP contribution in [0, 0.1) is 11.7 Å². The average Bonchev–Trinajstić information content (AvgIpc) is 3.10. The maximum Gasteiger partial charge on any atom is 0.255 e. The van der Waals surface area contributed by atoms with Crippen LogP contribution in [0.2, 0.25) is 0 Å². The minimum Gasteiger partial charge on any atom is -0.326 e. The first-order chi connectivity index (χ1) is 12.1. The first-order valence-corrected chi connectivity index (χ1v) is 8.57. The number of anilines is 2. The van der Waals surface area contributed by atoms with Gasteiger partial charge in [0.25, 0.3) is 5.91 Å². The summed E-state index contributed by atoms with van der Waals surface area (Å²) >= 11 is 0. The molecule has 2 N–H and O–H groups in total. The highest BCUT2D eigenvalue weighted by atomic mass is 19.1. The third-order valence-electron chi connectivity index (χ3n) is 4.46. The molecule has 25 heavy (non-hydrogen) atoms. The van der Waals surface area contributed by atoms with Crippen molar-refractivity contribution in [3.05, 3.63) is 59.9 Å². The van der Waals surface area contributed by atoms with Gasteiger partial charge < -0.3 is 10.6 Å². The molecule has 130 valence electrons. The van der Waals surface area contributed by atoms with E-state index in [1.54, 1.807) is 24.3 Å². The molecule has 0 spiro atoms. The molecular formula is C20H21FN2O2. The molecule has 1 aliphatic rings. The Morgan fingerprint density at radius 1 is 0.960 bits per heavy atom. The minimum absolute atomic E-state index is 0.0111. The van der Waals surface area contributed by atoms with Gasteiger partial charge in [-0.05, 0) is 61.2 Å². The van der Waals surface area contributed by atoms with Crippen molar-refractivity contribution in [2.45, 2.75) is 32.1 Å². The van der Waals surface area contributed by atoms with Crippen LogP contribution in [0.1, 0.15) is 42.5 Å². The topological polar surface area (TPSA) is 58.2 Å². The largest absolute Gasteiger partial charge is 0.326 e. The number of amides is 2. The molecule has 4 nitrogen and oxygen atoms in total. The van der Waals surface area contributed by atoms with E-state index in [0.717, 1.165) is 12.8 Å². The first kappa shape index (κ1) is 17.1. The molecule has 5 heteroatoms. The fraction of sp³-hybridized carbons (Fsp3) is 0.300. The van der Waals surface area contributed by atoms with Crippen molar-refractivity contribution in [2.24, 2.45) is 5.92 Å². The number of hydrogen-bond donors (Lipinski definition) is 2. The van der Waals surface area contributed by atoms with Gasteiger partial charge in [0.1, 0.15) is 5.82 Å². The molecular weight excluding hydrogens is 319 g/mol. The predicted molar refractivity (Wildman–Crippen MR) is 96.0 cm³/mol. The average molecular weight is 340 g/mol. The van der Waals surface area contributed by atoms with E-state index in [4.69, 9.17) is 0 Å². The van der Waals surface area contributed by atoms with Gasteiger partial charge in [-0.3, -0.25) is 9.59 Å². The SMILES string of the molecule is O=C(CC1CCCC1)Nc1cccc(C(=O)Nc2ccc(F)cc2)c1. The summed E-state index contributed by atoms with van der Waals surface area (Å²) in [5.74, 6) is -0.198. The summed E-state index contributed by atoms with van der Waals surface area (Å²) in [4.78, 5) is 24.4. The quantitative estimate of drug-likeness (QED) is 0.836. The standard InChI is InChI=1S/C20H21FN2O2/c21-16-8-10-17(11-9-16)23-20(25)15-6-3-7-18(13-15)22-19(24)12-14-4-1-2-5-14/h3,6-11,13-14H,1-2,4-5,12H2,(H,22,24)(H,23,25). The molecule has 0 radical (unpaired) electrons. The van der Waals surface area contributed by atoms with Crippen LogP contribution in [-0.2, 0) is 4.79 Å². The van der Waals surface area contributed by atoms with Crippen molar-refractivity contribution in [3.8, 4) is 0 Å². The Labute approximate surface area is 146 Å². The Hall–Kier alpha value is -2.69. The summed E-state index contributed by atoms with van der Waals surface area (Å²) in [5.41, 5.74) is 1.56. The number of carbonyl (C=O) groups excluding carboxylic acids is 2. The number of halogens is 1. The maximum absolute atomic E-state index is 12.9. The lowest BCUT2D eigenvalue weighted by atomic mass is 10.0. The van der Waals surface area contributed by atoms with Gasteiger partial charge >= 0.3 is 0 Å². The van der Waals surface area contributed by atoms with Crippen molar-refractivity contribution in [1.29, 1.82) is 0 Å². The molecule has 1 saturated carbocycles. The van der Waals surface area contributed by atoms with Gasteiger partial charge in [-0.2, -0.15) is 0 Å². The Morgan fingerprint density at radius 2 is 1.68 bits per heavy atom. The van der Waals surface area contributed by atoms with Crippen LogP contribution in [0.15, 0.2) is 48.5 Å². The minimum atomic E-state index is -0.357. The van der Waals surface area contributed by atoms with Gasteiger partial charge in [0.15, 0.2) is 0 Å². The Balaban J connectivity index is 1.60. The number of nitrogens with one attached hydrogen (secondary N) is 2. The summed E-state index contributed by atoms with van der Waals surface area (Å²) in [6.45, 7) is 0. The van der Waals surface area contributed by atoms with Gasteiger partial charge in [0.05, 0.1) is 0 Å². The smallest absolute Gasteiger partial charge is 0.255 e. The van der Waals surface area contributed by atoms with E-state index in [2.05, 4.69) is 10.6 Å². The van der Waals surface area contributed by atoms with E-state index >= 15 is 0 Å². The van der Waals surface area contributed by atoms with Crippen LogP contribution >= 0.6 is 0 Å². The maximum atomic E-state index is 12.9. The third kappa shape index (κ3) is 4.89. The van der Waals surface area contributed by atoms with Crippen molar-refractivity contribution in [3.63, 3.8) is 0 Å². The van der Waals surface area contributed by atoms with Crippen molar-refractivity contribution < 1.29 is 14.0 Å². The summed E-state index contributed by atoms with van der Waals surface area (Å²) in [6.07, 6.45) is 5.18. The van der Waals surface area contributed by atoms with Gasteiger partial charge in [0, 0.05) is 23.4 Å². The molecule has 2 aromatic carbocycles. The van der Waals surface area contributed by atoms with Gasteiger partial charge in [-0.1, -0.05) is 18.9 Å². The molecule has 3 rings (SSSR count). The molecule has 1 fully saturated rings. The van der Waals surface area contributed by atoms with Crippen molar-refractivity contribution in [2.75, 3.05) is 10.6 Å². The summed E-state index contributed by atoms with van der Waals surface area (Å²) in [6, 6.07) is 12.4. The Kier molecular flexibility index (Phi) is 5.43. The monoisotopic (exact) mass is 340 g/mol. The first-order valence-electron chi connectivity index (χ1n) is 8.57. The van der Waals surface area contributed by atoms with Crippen LogP contribution < -0.4 is 10.6 Å². The van der Waals surface area contributed by atoms with E-state index in [0.29, 0.717) is 29.3 Å². The molecule has 0 bridgehead atoms. The highest BCUT2D eigenvalue weighted by Crippen LogP contribution is 2.27. The lowest BCUT2D eigenvalue weighted by Crippen LogP contribution is -2.16. The predicted octanol–water partition coefficient (Wildman–Crippen LogP) is 4.60. The second kappa shape index (κ2) is 7.92. The summed E-state index contributed by atoms with van der Waals surface area (Å²) in [5, 5.41) is 5.57. The zero-order valence-electron chi connectivity index (χ0n) is 13.9. The van der Waals surface area contributed by atoms with Gasteiger partial charge in [-0.25, -0.2) is 4.39 Å². The second-order valence-electron chi connectivity index (χ2n) is 6.44. The lowest BCUT2D eigenvalue weighted by Gasteiger charge is -2.11. The van der Waals surface area contributed by atoms with E-state index < -0.39 is 0 Å². The molecule has 0 unspecified atom stereocenters. The van der Waals surface area contributed by atoms with Crippen molar-refractivity contribution in [1.82, 2.24) is 0 Å². The Bertz CT molecular complexity index is 753. The van der Waals surface area contributed by atoms with Crippen LogP contribution in [-0.4, -0.2) is 11.8 Å². The molecule has 0 aromatic heterocycles. The van der Waals surface area contributed by atoms with Crippen LogP contribution in [0.3, 0.4) is 0 Å². The molecule has 2 amide bonds. The van der Waals surface area contributed by atoms with Crippen LogP contribution in [0.5, 0.6) is 0 Å². The van der Waals surface area contributed by atoms with Gasteiger partial charge in [-0.15, -0.1) is 0 Å². The van der Waals surface area contributed by atoms with E-state index in [9.17, 15) is 14.0 Å². The molecule has 0 aliphatic heterocycles. The highest BCUT2D eigenvalue weighted by Gasteiger charge is 2.18. The molecule has 1 aliphatic carbocycles. The summed E-state index contributed by atoms with van der Waals surface area (Å²) < 4.78 is 12.9. The molecule has 0 atom stereocenters. The lowest BCUT2D eigenvalue weighted by molar-refractivity contribution is -0.117. The fourth-order valence-electron chi connectivity index (χ4n) is 3.16. The number of benzene rings is 2. The summed E-state index contributed by atoms with van der Waals surface area (Å²) in [7, 11) is 0. The second-order valence-corrected chi connectivity index (χ2v) is 6.44. The van der Waals surface area contributed by atoms with E-state index in [-0.39, 0.29) is 17.6 Å². The normalized spacial score (nSPS) is 14.3. The third-order valence-corrected chi connectivity index (χ3v) is 4.46. The van der Waals surface area contributed by atoms with E-state index in [1.165, 1.54) is 37.1 Å². The van der Waals surface area contributed by atoms with Crippen molar-refractivity contribution >= 4 is 23.2 Å². The molecule has 2 aromatic rings. The number of carbonyl (C=O) groups is 2. The molecule has 0 heterocycles. The van der Waals surface area contributed by atoms with Crippen LogP contribution in [0.4, 0.5) is 15.8 Å². The Morgan fingerprint density at radius 3 is 2.40 bits per heavy atom. The van der Waals surface area contributed by atoms with E-state index in [1.807, 2.05) is 0 Å². The zero-order chi connectivity index (χ0) is 17.6. The molecule has 0 saturated heterocycles. The zero-order valence-corrected chi connectivity index (χ0v) is 13.9. The number of rotatable bonds is 5.